The van der Waals surface area contributed by atoms with Gasteiger partial charge in [0.1, 0.15) is 23.1 Å². The number of hydrogen-bond acceptors (Lipinski definition) is 3. The first-order chi connectivity index (χ1) is 11.6. The first-order valence-corrected chi connectivity index (χ1v) is 7.18. The highest BCUT2D eigenvalue weighted by molar-refractivity contribution is 5.89. The van der Waals surface area contributed by atoms with Crippen LogP contribution in [0.3, 0.4) is 0 Å². The van der Waals surface area contributed by atoms with Crippen molar-refractivity contribution in [1.29, 1.82) is 0 Å². The molecule has 0 aliphatic heterocycles. The van der Waals surface area contributed by atoms with Gasteiger partial charge in [-0.1, -0.05) is 6.07 Å². The molecule has 24 heavy (non-hydrogen) atoms. The van der Waals surface area contributed by atoms with Gasteiger partial charge in [-0.3, -0.25) is 4.68 Å². The Morgan fingerprint density at radius 3 is 2.71 bits per heavy atom. The Bertz CT molecular complexity index is 810. The Kier molecular flexibility index (Phi) is 4.55. The van der Waals surface area contributed by atoms with E-state index in [0.717, 1.165) is 17.7 Å². The van der Waals surface area contributed by atoms with E-state index in [4.69, 9.17) is 4.42 Å². The Balaban J connectivity index is 1.50. The highest BCUT2D eigenvalue weighted by Crippen LogP contribution is 2.18. The molecule has 3 aromatic rings. The van der Waals surface area contributed by atoms with Crippen LogP contribution in [0.25, 0.3) is 11.3 Å². The summed E-state index contributed by atoms with van der Waals surface area (Å²) in [6, 6.07) is 6.26. The fourth-order valence-corrected chi connectivity index (χ4v) is 2.11. The van der Waals surface area contributed by atoms with Crippen LogP contribution in [0.2, 0.25) is 0 Å². The number of carbonyl (C=O) groups is 1. The van der Waals surface area contributed by atoms with Gasteiger partial charge in [-0.15, -0.1) is 0 Å². The molecule has 1 aromatic carbocycles. The van der Waals surface area contributed by atoms with Crippen molar-refractivity contribution in [2.75, 3.05) is 11.9 Å². The molecule has 3 rings (SSSR count). The lowest BCUT2D eigenvalue weighted by molar-refractivity contribution is 0.251. The predicted octanol–water partition coefficient (Wildman–Crippen LogP) is 3.24. The van der Waals surface area contributed by atoms with Gasteiger partial charge in [-0.05, 0) is 24.3 Å². The first kappa shape index (κ1) is 15.7. The summed E-state index contributed by atoms with van der Waals surface area (Å²) in [7, 11) is 0. The topological polar surface area (TPSA) is 72.1 Å². The van der Waals surface area contributed by atoms with Crippen LogP contribution in [0.15, 0.2) is 53.4 Å². The van der Waals surface area contributed by atoms with Crippen LogP contribution in [-0.2, 0) is 6.54 Å². The van der Waals surface area contributed by atoms with Crippen LogP contribution in [0, 0.1) is 11.6 Å². The van der Waals surface area contributed by atoms with Crippen molar-refractivity contribution in [3.63, 3.8) is 0 Å². The molecule has 0 atom stereocenters. The summed E-state index contributed by atoms with van der Waals surface area (Å²) in [6.07, 6.45) is 4.99. The molecule has 0 spiro atoms. The number of furan rings is 1. The Labute approximate surface area is 136 Å². The summed E-state index contributed by atoms with van der Waals surface area (Å²) < 4.78 is 33.7. The van der Waals surface area contributed by atoms with Crippen LogP contribution in [0.4, 0.5) is 19.3 Å². The Hall–Kier alpha value is -3.16. The molecular formula is C16H14F2N4O2. The Morgan fingerprint density at radius 2 is 2.00 bits per heavy atom. The summed E-state index contributed by atoms with van der Waals surface area (Å²) in [5.41, 5.74) is 0.340. The van der Waals surface area contributed by atoms with Crippen LogP contribution < -0.4 is 10.6 Å². The van der Waals surface area contributed by atoms with Crippen molar-refractivity contribution in [2.24, 2.45) is 0 Å². The molecule has 124 valence electrons. The molecule has 0 aliphatic carbocycles. The summed E-state index contributed by atoms with van der Waals surface area (Å²) >= 11 is 0. The van der Waals surface area contributed by atoms with E-state index in [0.29, 0.717) is 12.3 Å². The van der Waals surface area contributed by atoms with E-state index >= 15 is 0 Å². The minimum absolute atomic E-state index is 0.237. The zero-order valence-electron chi connectivity index (χ0n) is 12.5. The van der Waals surface area contributed by atoms with Gasteiger partial charge in [0.05, 0.1) is 24.6 Å². The Morgan fingerprint density at radius 1 is 1.21 bits per heavy atom. The van der Waals surface area contributed by atoms with Gasteiger partial charge in [0, 0.05) is 12.7 Å². The average Bonchev–Trinajstić information content (AvgIpc) is 3.22. The monoisotopic (exact) mass is 332 g/mol. The molecule has 0 saturated heterocycles. The van der Waals surface area contributed by atoms with Crippen molar-refractivity contribution in [1.82, 2.24) is 15.1 Å². The number of aromatic nitrogens is 2. The summed E-state index contributed by atoms with van der Waals surface area (Å²) in [5.74, 6) is -0.970. The van der Waals surface area contributed by atoms with Crippen molar-refractivity contribution >= 4 is 11.7 Å². The molecular weight excluding hydrogens is 318 g/mol. The normalized spacial score (nSPS) is 10.6. The standard InChI is InChI=1S/C16H14F2N4O2/c17-12-3-1-4-13(18)15(12)21-16(23)19-6-7-22-10-11(9-20-22)14-5-2-8-24-14/h1-5,8-10H,6-7H2,(H2,19,21,23). The van der Waals surface area contributed by atoms with Crippen LogP contribution in [0.1, 0.15) is 0 Å². The molecule has 2 heterocycles. The SMILES string of the molecule is O=C(NCCn1cc(-c2ccco2)cn1)Nc1c(F)cccc1F. The largest absolute Gasteiger partial charge is 0.464 e. The van der Waals surface area contributed by atoms with E-state index < -0.39 is 23.4 Å². The summed E-state index contributed by atoms with van der Waals surface area (Å²) in [6.45, 7) is 0.634. The number of amides is 2. The van der Waals surface area contributed by atoms with Crippen LogP contribution in [0.5, 0.6) is 0 Å². The van der Waals surface area contributed by atoms with Gasteiger partial charge >= 0.3 is 6.03 Å². The van der Waals surface area contributed by atoms with E-state index in [-0.39, 0.29) is 6.54 Å². The smallest absolute Gasteiger partial charge is 0.319 e. The minimum Gasteiger partial charge on any atom is -0.464 e. The van der Waals surface area contributed by atoms with E-state index in [2.05, 4.69) is 15.7 Å². The maximum atomic E-state index is 13.4. The highest BCUT2D eigenvalue weighted by atomic mass is 19.1. The molecule has 0 radical (unpaired) electrons. The lowest BCUT2D eigenvalue weighted by Crippen LogP contribution is -2.32. The van der Waals surface area contributed by atoms with Gasteiger partial charge in [0.25, 0.3) is 0 Å². The van der Waals surface area contributed by atoms with Crippen LogP contribution >= 0.6 is 0 Å². The molecule has 8 heteroatoms. The predicted molar refractivity (Wildman–Crippen MR) is 83.3 cm³/mol. The van der Waals surface area contributed by atoms with E-state index in [9.17, 15) is 13.6 Å². The zero-order chi connectivity index (χ0) is 16.9. The second kappa shape index (κ2) is 6.95. The molecule has 2 N–H and O–H groups in total. The molecule has 0 bridgehead atoms. The number of hydrogen-bond donors (Lipinski definition) is 2. The molecule has 2 aromatic heterocycles. The second-order valence-electron chi connectivity index (χ2n) is 4.95. The number of benzene rings is 1. The maximum Gasteiger partial charge on any atom is 0.319 e. The van der Waals surface area contributed by atoms with Gasteiger partial charge in [-0.2, -0.15) is 5.10 Å². The molecule has 2 amide bonds. The first-order valence-electron chi connectivity index (χ1n) is 7.18. The second-order valence-corrected chi connectivity index (χ2v) is 4.95. The van der Waals surface area contributed by atoms with Crippen molar-refractivity contribution < 1.29 is 18.0 Å². The molecule has 0 saturated carbocycles. The van der Waals surface area contributed by atoms with Gasteiger partial charge in [0.15, 0.2) is 0 Å². The molecule has 0 fully saturated rings. The quantitative estimate of drug-likeness (QED) is 0.753. The third-order valence-corrected chi connectivity index (χ3v) is 3.27. The fourth-order valence-electron chi connectivity index (χ4n) is 2.11. The number of para-hydroxylation sites is 1. The van der Waals surface area contributed by atoms with Gasteiger partial charge in [0.2, 0.25) is 0 Å². The number of halogens is 2. The van der Waals surface area contributed by atoms with Gasteiger partial charge in [-0.25, -0.2) is 13.6 Å². The zero-order valence-corrected chi connectivity index (χ0v) is 12.5. The molecule has 6 nitrogen and oxygen atoms in total. The third kappa shape index (κ3) is 3.60. The average molecular weight is 332 g/mol. The maximum absolute atomic E-state index is 13.4. The lowest BCUT2D eigenvalue weighted by atomic mass is 10.3. The number of nitrogens with one attached hydrogen (secondary N) is 2. The number of carbonyl (C=O) groups excluding carboxylic acids is 1. The van der Waals surface area contributed by atoms with E-state index in [1.54, 1.807) is 29.4 Å². The minimum atomic E-state index is -0.833. The number of nitrogens with zero attached hydrogens (tertiary/aromatic N) is 2. The highest BCUT2D eigenvalue weighted by Gasteiger charge is 2.11. The van der Waals surface area contributed by atoms with E-state index in [1.165, 1.54) is 6.07 Å². The van der Waals surface area contributed by atoms with Crippen molar-refractivity contribution in [3.8, 4) is 11.3 Å². The number of rotatable bonds is 5. The summed E-state index contributed by atoms with van der Waals surface area (Å²) in [4.78, 5) is 11.7. The van der Waals surface area contributed by atoms with E-state index in [1.807, 2.05) is 6.07 Å². The lowest BCUT2D eigenvalue weighted by Gasteiger charge is -2.09. The fraction of sp³-hybridized carbons (Fsp3) is 0.125. The number of urea groups is 1. The van der Waals surface area contributed by atoms with Crippen molar-refractivity contribution in [2.45, 2.75) is 6.54 Å². The molecule has 0 aliphatic rings. The third-order valence-electron chi connectivity index (χ3n) is 3.27. The van der Waals surface area contributed by atoms with Gasteiger partial charge < -0.3 is 15.1 Å². The van der Waals surface area contributed by atoms with Crippen LogP contribution in [-0.4, -0.2) is 22.4 Å². The van der Waals surface area contributed by atoms with Crippen molar-refractivity contribution in [3.05, 3.63) is 60.6 Å². The summed E-state index contributed by atoms with van der Waals surface area (Å²) in [5, 5.41) is 8.80. The molecule has 0 unspecified atom stereocenters. The number of anilines is 1.